The van der Waals surface area contributed by atoms with Crippen LogP contribution in [0.4, 0.5) is 15.8 Å². The highest BCUT2D eigenvalue weighted by Gasteiger charge is 2.35. The van der Waals surface area contributed by atoms with E-state index in [0.29, 0.717) is 42.8 Å². The van der Waals surface area contributed by atoms with Gasteiger partial charge in [-0.1, -0.05) is 70.7 Å². The highest BCUT2D eigenvalue weighted by atomic mass is 35.5. The molecular formula is C31H21Cl4FN2O2S. The molecule has 10 heteroatoms. The van der Waals surface area contributed by atoms with Gasteiger partial charge in [-0.05, 0) is 102 Å². The second-order valence-electron chi connectivity index (χ2n) is 9.24. The zero-order valence-electron chi connectivity index (χ0n) is 21.7. The van der Waals surface area contributed by atoms with Crippen molar-refractivity contribution in [3.05, 3.63) is 126 Å². The van der Waals surface area contributed by atoms with E-state index in [1.807, 2.05) is 38.1 Å². The second kappa shape index (κ2) is 12.5. The molecule has 0 aromatic heterocycles. The molecule has 0 saturated carbocycles. The van der Waals surface area contributed by atoms with E-state index in [9.17, 15) is 9.18 Å². The number of anilines is 1. The fourth-order valence-electron chi connectivity index (χ4n) is 3.95. The van der Waals surface area contributed by atoms with Crippen molar-refractivity contribution in [3.8, 4) is 5.75 Å². The Balaban J connectivity index is 1.47. The molecule has 1 fully saturated rings. The van der Waals surface area contributed by atoms with E-state index in [-0.39, 0.29) is 28.4 Å². The summed E-state index contributed by atoms with van der Waals surface area (Å²) < 4.78 is 19.0. The summed E-state index contributed by atoms with van der Waals surface area (Å²) in [5, 5.41) is 2.09. The van der Waals surface area contributed by atoms with Gasteiger partial charge in [0.05, 0.1) is 26.3 Å². The van der Waals surface area contributed by atoms with Crippen LogP contribution in [-0.2, 0) is 11.4 Å². The van der Waals surface area contributed by atoms with Gasteiger partial charge in [0.1, 0.15) is 12.4 Å². The fourth-order valence-corrected chi connectivity index (χ4v) is 5.91. The SMILES string of the molecule is Cc1ccc(N=C2S/C(=C/c3cc(Cl)c(OCc4ccc(F)cc4)c(Cl)c3)C(=O)N2c2ccc(C)c(Cl)c2)cc1Cl. The van der Waals surface area contributed by atoms with E-state index in [4.69, 9.17) is 56.1 Å². The molecule has 0 aliphatic carbocycles. The summed E-state index contributed by atoms with van der Waals surface area (Å²) in [4.78, 5) is 20.4. The van der Waals surface area contributed by atoms with Gasteiger partial charge in [0.15, 0.2) is 10.9 Å². The first-order valence-corrected chi connectivity index (χ1v) is 14.6. The summed E-state index contributed by atoms with van der Waals surface area (Å²) in [6.07, 6.45) is 1.70. The first-order valence-electron chi connectivity index (χ1n) is 12.3. The van der Waals surface area contributed by atoms with Crippen LogP contribution in [0.2, 0.25) is 20.1 Å². The van der Waals surface area contributed by atoms with E-state index < -0.39 is 0 Å². The maximum atomic E-state index is 13.7. The van der Waals surface area contributed by atoms with Gasteiger partial charge in [0.2, 0.25) is 0 Å². The highest BCUT2D eigenvalue weighted by Crippen LogP contribution is 2.41. The molecule has 4 nitrogen and oxygen atoms in total. The zero-order chi connectivity index (χ0) is 29.3. The Labute approximate surface area is 261 Å². The maximum absolute atomic E-state index is 13.7. The number of carbonyl (C=O) groups excluding carboxylic acids is 1. The van der Waals surface area contributed by atoms with Gasteiger partial charge in [-0.25, -0.2) is 9.38 Å². The van der Waals surface area contributed by atoms with Gasteiger partial charge in [-0.2, -0.15) is 0 Å². The standard InChI is InChI=1S/C31H21Cl4FN2O2S/c1-17-3-9-22(14-24(17)32)37-31-38(23-10-4-18(2)25(33)15-23)30(39)28(41-31)13-20-11-26(34)29(27(35)12-20)40-16-19-5-7-21(36)8-6-19/h3-15H,16H2,1-2H3/b28-13+,37-31?. The monoisotopic (exact) mass is 644 g/mol. The molecule has 0 spiro atoms. The van der Waals surface area contributed by atoms with Gasteiger partial charge < -0.3 is 4.74 Å². The van der Waals surface area contributed by atoms with E-state index in [0.717, 1.165) is 16.7 Å². The van der Waals surface area contributed by atoms with Crippen LogP contribution in [-0.4, -0.2) is 11.1 Å². The largest absolute Gasteiger partial charge is 0.486 e. The molecular weight excluding hydrogens is 625 g/mol. The third-order valence-electron chi connectivity index (χ3n) is 6.21. The molecule has 0 N–H and O–H groups in total. The summed E-state index contributed by atoms with van der Waals surface area (Å²) in [6.45, 7) is 3.96. The molecule has 1 heterocycles. The summed E-state index contributed by atoms with van der Waals surface area (Å²) in [5.41, 5.74) is 4.36. The predicted molar refractivity (Wildman–Crippen MR) is 170 cm³/mol. The van der Waals surface area contributed by atoms with Gasteiger partial charge >= 0.3 is 0 Å². The molecule has 0 unspecified atom stereocenters. The molecule has 1 aliphatic rings. The zero-order valence-corrected chi connectivity index (χ0v) is 25.6. The Morgan fingerprint density at radius 3 is 2.12 bits per heavy atom. The normalized spacial score (nSPS) is 15.3. The maximum Gasteiger partial charge on any atom is 0.271 e. The summed E-state index contributed by atoms with van der Waals surface area (Å²) in [7, 11) is 0. The number of nitrogens with zero attached hydrogens (tertiary/aromatic N) is 2. The van der Waals surface area contributed by atoms with Crippen molar-refractivity contribution in [1.29, 1.82) is 0 Å². The molecule has 41 heavy (non-hydrogen) atoms. The summed E-state index contributed by atoms with van der Waals surface area (Å²) >= 11 is 27.0. The number of ether oxygens (including phenoxy) is 1. The number of carbonyl (C=O) groups is 1. The summed E-state index contributed by atoms with van der Waals surface area (Å²) in [5.74, 6) is -0.322. The lowest BCUT2D eigenvalue weighted by Crippen LogP contribution is -2.28. The van der Waals surface area contributed by atoms with Crippen LogP contribution in [0.3, 0.4) is 0 Å². The first kappa shape index (κ1) is 29.5. The third-order valence-corrected chi connectivity index (χ3v) is 8.56. The van der Waals surface area contributed by atoms with Gasteiger partial charge in [-0.15, -0.1) is 0 Å². The lowest BCUT2D eigenvalue weighted by Gasteiger charge is -2.16. The quantitative estimate of drug-likeness (QED) is 0.196. The summed E-state index contributed by atoms with van der Waals surface area (Å²) in [6, 6.07) is 20.1. The topological polar surface area (TPSA) is 41.9 Å². The molecule has 0 atom stereocenters. The number of halogens is 5. The number of amides is 1. The Bertz CT molecular complexity index is 1700. The van der Waals surface area contributed by atoms with Crippen molar-refractivity contribution in [2.75, 3.05) is 4.90 Å². The van der Waals surface area contributed by atoms with Crippen LogP contribution in [0, 0.1) is 19.7 Å². The van der Waals surface area contributed by atoms with Gasteiger partial charge in [-0.3, -0.25) is 9.69 Å². The van der Waals surface area contributed by atoms with Crippen molar-refractivity contribution >= 4 is 86.7 Å². The van der Waals surface area contributed by atoms with Crippen LogP contribution in [0.1, 0.15) is 22.3 Å². The molecule has 1 amide bonds. The third kappa shape index (κ3) is 6.74. The minimum absolute atomic E-state index is 0.158. The smallest absolute Gasteiger partial charge is 0.271 e. The predicted octanol–water partition coefficient (Wildman–Crippen LogP) is 10.4. The Morgan fingerprint density at radius 1 is 0.854 bits per heavy atom. The highest BCUT2D eigenvalue weighted by molar-refractivity contribution is 8.19. The number of aliphatic imine (C=N–C) groups is 1. The minimum Gasteiger partial charge on any atom is -0.486 e. The van der Waals surface area contributed by atoms with Crippen molar-refractivity contribution in [2.24, 2.45) is 4.99 Å². The molecule has 1 aliphatic heterocycles. The number of aryl methyl sites for hydroxylation is 2. The van der Waals surface area contributed by atoms with Crippen LogP contribution >= 0.6 is 58.2 Å². The van der Waals surface area contributed by atoms with E-state index in [2.05, 4.69) is 0 Å². The number of rotatable bonds is 6. The van der Waals surface area contributed by atoms with Crippen molar-refractivity contribution < 1.29 is 13.9 Å². The van der Waals surface area contributed by atoms with E-state index in [1.165, 1.54) is 28.8 Å². The molecule has 0 bridgehead atoms. The fraction of sp³-hybridized carbons (Fsp3) is 0.0968. The van der Waals surface area contributed by atoms with Crippen LogP contribution in [0.5, 0.6) is 5.75 Å². The second-order valence-corrected chi connectivity index (χ2v) is 11.9. The minimum atomic E-state index is -0.332. The molecule has 208 valence electrons. The van der Waals surface area contributed by atoms with Crippen LogP contribution in [0.25, 0.3) is 6.08 Å². The van der Waals surface area contributed by atoms with Gasteiger partial charge in [0, 0.05) is 10.0 Å². The number of hydrogen-bond donors (Lipinski definition) is 0. The van der Waals surface area contributed by atoms with E-state index >= 15 is 0 Å². The Morgan fingerprint density at radius 2 is 1.49 bits per heavy atom. The first-order chi connectivity index (χ1) is 19.6. The van der Waals surface area contributed by atoms with Gasteiger partial charge in [0.25, 0.3) is 5.91 Å². The number of thioether (sulfide) groups is 1. The average Bonchev–Trinajstić information content (AvgIpc) is 3.22. The van der Waals surface area contributed by atoms with Crippen LogP contribution in [0.15, 0.2) is 82.7 Å². The number of amidine groups is 1. The molecule has 4 aromatic carbocycles. The molecule has 1 saturated heterocycles. The van der Waals surface area contributed by atoms with E-state index in [1.54, 1.807) is 42.5 Å². The van der Waals surface area contributed by atoms with Crippen molar-refractivity contribution in [1.82, 2.24) is 0 Å². The molecule has 0 radical (unpaired) electrons. The average molecular weight is 646 g/mol. The van der Waals surface area contributed by atoms with Crippen molar-refractivity contribution in [2.45, 2.75) is 20.5 Å². The lowest BCUT2D eigenvalue weighted by atomic mass is 10.2. The molecule has 5 rings (SSSR count). The number of hydrogen-bond acceptors (Lipinski definition) is 4. The molecule has 4 aromatic rings. The van der Waals surface area contributed by atoms with Crippen molar-refractivity contribution in [3.63, 3.8) is 0 Å². The Hall–Kier alpha value is -3.00. The van der Waals surface area contributed by atoms with Crippen LogP contribution < -0.4 is 9.64 Å². The number of benzene rings is 4. The lowest BCUT2D eigenvalue weighted by molar-refractivity contribution is -0.113. The Kier molecular flexibility index (Phi) is 8.97.